The van der Waals surface area contributed by atoms with Crippen molar-refractivity contribution in [3.63, 3.8) is 0 Å². The molecule has 0 bridgehead atoms. The fourth-order valence-corrected chi connectivity index (χ4v) is 0.969. The van der Waals surface area contributed by atoms with Gasteiger partial charge in [-0.1, -0.05) is 23.2 Å². The van der Waals surface area contributed by atoms with Gasteiger partial charge in [0.15, 0.2) is 4.77 Å². The van der Waals surface area contributed by atoms with E-state index in [-0.39, 0.29) is 14.9 Å². The van der Waals surface area contributed by atoms with Crippen LogP contribution in [0, 0.1) is 4.77 Å². The third-order valence-corrected chi connectivity index (χ3v) is 1.79. The molecule has 0 saturated carbocycles. The second-order valence-corrected chi connectivity index (χ2v) is 2.70. The van der Waals surface area contributed by atoms with Crippen LogP contribution < -0.4 is 5.56 Å². The number of aromatic amines is 2. The highest BCUT2D eigenvalue weighted by atomic mass is 35.5. The molecule has 3 nitrogen and oxygen atoms in total. The molecule has 0 aliphatic rings. The molecule has 0 atom stereocenters. The van der Waals surface area contributed by atoms with Crippen molar-refractivity contribution < 1.29 is 0 Å². The quantitative estimate of drug-likeness (QED) is 0.491. The van der Waals surface area contributed by atoms with Crippen molar-refractivity contribution in [3.8, 4) is 0 Å². The Labute approximate surface area is 71.0 Å². The van der Waals surface area contributed by atoms with Gasteiger partial charge < -0.3 is 4.98 Å². The SMILES string of the molecule is O=c1[nH]c(=S)[nH]c(Cl)c1Cl. The Kier molecular flexibility index (Phi) is 2.13. The van der Waals surface area contributed by atoms with E-state index in [1.807, 2.05) is 0 Å². The summed E-state index contributed by atoms with van der Waals surface area (Å²) in [6, 6.07) is 0. The van der Waals surface area contributed by atoms with Crippen molar-refractivity contribution in [2.45, 2.75) is 0 Å². The number of hydrogen-bond donors (Lipinski definition) is 2. The molecule has 1 rings (SSSR count). The molecule has 0 unspecified atom stereocenters. The van der Waals surface area contributed by atoms with E-state index < -0.39 is 5.56 Å². The van der Waals surface area contributed by atoms with Crippen molar-refractivity contribution in [1.82, 2.24) is 9.97 Å². The first-order chi connectivity index (χ1) is 4.61. The summed E-state index contributed by atoms with van der Waals surface area (Å²) in [7, 11) is 0. The molecule has 54 valence electrons. The lowest BCUT2D eigenvalue weighted by molar-refractivity contribution is 1.09. The predicted octanol–water partition coefficient (Wildman–Crippen LogP) is 1.74. The molecule has 0 fully saturated rings. The smallest absolute Gasteiger partial charge is 0.272 e. The van der Waals surface area contributed by atoms with Gasteiger partial charge in [0.1, 0.15) is 10.2 Å². The molecule has 2 N–H and O–H groups in total. The highest BCUT2D eigenvalue weighted by Gasteiger charge is 2.00. The molecule has 0 saturated heterocycles. The van der Waals surface area contributed by atoms with E-state index >= 15 is 0 Å². The van der Waals surface area contributed by atoms with Crippen molar-refractivity contribution in [2.75, 3.05) is 0 Å². The van der Waals surface area contributed by atoms with Gasteiger partial charge in [-0.25, -0.2) is 0 Å². The molecule has 0 aliphatic heterocycles. The van der Waals surface area contributed by atoms with E-state index in [1.165, 1.54) is 0 Å². The largest absolute Gasteiger partial charge is 0.322 e. The molecule has 0 amide bonds. The Morgan fingerprint density at radius 2 is 1.90 bits per heavy atom. The van der Waals surface area contributed by atoms with E-state index in [0.717, 1.165) is 0 Å². The van der Waals surface area contributed by atoms with Crippen LogP contribution in [0.2, 0.25) is 10.2 Å². The first kappa shape index (κ1) is 7.78. The molecule has 0 spiro atoms. The van der Waals surface area contributed by atoms with Crippen LogP contribution in [0.3, 0.4) is 0 Å². The minimum atomic E-state index is -0.476. The maximum atomic E-state index is 10.7. The van der Waals surface area contributed by atoms with Crippen molar-refractivity contribution in [1.29, 1.82) is 0 Å². The zero-order valence-corrected chi connectivity index (χ0v) is 6.90. The molecule has 1 aromatic rings. The Balaban J connectivity index is 3.62. The molecular weight excluding hydrogens is 195 g/mol. The molecule has 0 aliphatic carbocycles. The number of rotatable bonds is 0. The van der Waals surface area contributed by atoms with E-state index in [0.29, 0.717) is 0 Å². The van der Waals surface area contributed by atoms with Gasteiger partial charge in [-0.15, -0.1) is 0 Å². The minimum Gasteiger partial charge on any atom is -0.322 e. The first-order valence-corrected chi connectivity index (χ1v) is 3.45. The summed E-state index contributed by atoms with van der Waals surface area (Å²) in [6.07, 6.45) is 0. The zero-order chi connectivity index (χ0) is 7.72. The average molecular weight is 197 g/mol. The van der Waals surface area contributed by atoms with E-state index in [4.69, 9.17) is 23.2 Å². The fraction of sp³-hybridized carbons (Fsp3) is 0. The van der Waals surface area contributed by atoms with E-state index in [9.17, 15) is 4.79 Å². The third kappa shape index (κ3) is 1.39. The summed E-state index contributed by atoms with van der Waals surface area (Å²) in [6.45, 7) is 0. The van der Waals surface area contributed by atoms with Gasteiger partial charge in [0.05, 0.1) is 0 Å². The average Bonchev–Trinajstić information content (AvgIpc) is 1.82. The maximum absolute atomic E-state index is 10.7. The number of H-pyrrole nitrogens is 2. The molecule has 10 heavy (non-hydrogen) atoms. The summed E-state index contributed by atoms with van der Waals surface area (Å²) in [5.41, 5.74) is -0.476. The Hall–Kier alpha value is -0.320. The first-order valence-electron chi connectivity index (χ1n) is 2.29. The van der Waals surface area contributed by atoms with Crippen LogP contribution in [0.25, 0.3) is 0 Å². The summed E-state index contributed by atoms with van der Waals surface area (Å²) in [5, 5.41) is -0.00863. The lowest BCUT2D eigenvalue weighted by Gasteiger charge is -1.91. The molecule has 0 radical (unpaired) electrons. The van der Waals surface area contributed by atoms with E-state index in [2.05, 4.69) is 22.2 Å². The maximum Gasteiger partial charge on any atom is 0.272 e. The molecular formula is C4H2Cl2N2OS. The molecule has 1 aromatic heterocycles. The lowest BCUT2D eigenvalue weighted by atomic mass is 10.7. The van der Waals surface area contributed by atoms with Crippen LogP contribution in [0.4, 0.5) is 0 Å². The minimum absolute atomic E-state index is 0.0652. The van der Waals surface area contributed by atoms with Gasteiger partial charge in [-0.2, -0.15) is 0 Å². The van der Waals surface area contributed by atoms with Gasteiger partial charge in [0, 0.05) is 0 Å². The monoisotopic (exact) mass is 196 g/mol. The van der Waals surface area contributed by atoms with Gasteiger partial charge >= 0.3 is 0 Å². The van der Waals surface area contributed by atoms with Crippen molar-refractivity contribution in [2.24, 2.45) is 0 Å². The lowest BCUT2D eigenvalue weighted by Crippen LogP contribution is -2.07. The Morgan fingerprint density at radius 3 is 2.40 bits per heavy atom. The molecule has 1 heterocycles. The number of hydrogen-bond acceptors (Lipinski definition) is 2. The number of aromatic nitrogens is 2. The normalized spacial score (nSPS) is 9.80. The second-order valence-electron chi connectivity index (χ2n) is 1.54. The summed E-state index contributed by atoms with van der Waals surface area (Å²) < 4.78 is 0.166. The highest BCUT2D eigenvalue weighted by Crippen LogP contribution is 2.11. The van der Waals surface area contributed by atoms with Crippen molar-refractivity contribution in [3.05, 3.63) is 25.3 Å². The van der Waals surface area contributed by atoms with Crippen LogP contribution in [-0.2, 0) is 0 Å². The summed E-state index contributed by atoms with van der Waals surface area (Å²) in [4.78, 5) is 15.4. The summed E-state index contributed by atoms with van der Waals surface area (Å²) >= 11 is 15.4. The van der Waals surface area contributed by atoms with E-state index in [1.54, 1.807) is 0 Å². The summed E-state index contributed by atoms with van der Waals surface area (Å²) in [5.74, 6) is 0. The Bertz CT molecular complexity index is 355. The van der Waals surface area contributed by atoms with Gasteiger partial charge in [-0.05, 0) is 12.2 Å². The Morgan fingerprint density at radius 1 is 1.30 bits per heavy atom. The molecule has 6 heteroatoms. The zero-order valence-electron chi connectivity index (χ0n) is 4.57. The topological polar surface area (TPSA) is 48.6 Å². The van der Waals surface area contributed by atoms with Crippen LogP contribution in [0.5, 0.6) is 0 Å². The standard InChI is InChI=1S/C4H2Cl2N2OS/c5-1-2(6)7-4(10)8-3(1)9/h(H2,7,8,9,10). The fourth-order valence-electron chi connectivity index (χ4n) is 0.443. The highest BCUT2D eigenvalue weighted by molar-refractivity contribution is 7.71. The van der Waals surface area contributed by atoms with Crippen LogP contribution in [0.15, 0.2) is 4.79 Å². The third-order valence-electron chi connectivity index (χ3n) is 0.842. The van der Waals surface area contributed by atoms with Crippen LogP contribution in [0.1, 0.15) is 0 Å². The number of nitrogens with one attached hydrogen (secondary N) is 2. The van der Waals surface area contributed by atoms with Crippen molar-refractivity contribution >= 4 is 35.4 Å². The van der Waals surface area contributed by atoms with Crippen LogP contribution in [-0.4, -0.2) is 9.97 Å². The predicted molar refractivity (Wildman–Crippen MR) is 42.3 cm³/mol. The van der Waals surface area contributed by atoms with Crippen LogP contribution >= 0.6 is 35.4 Å². The van der Waals surface area contributed by atoms with Gasteiger partial charge in [-0.3, -0.25) is 9.78 Å². The number of halogens is 2. The molecule has 0 aromatic carbocycles. The second kappa shape index (κ2) is 2.74. The van der Waals surface area contributed by atoms with Gasteiger partial charge in [0.2, 0.25) is 0 Å². The van der Waals surface area contributed by atoms with Gasteiger partial charge in [0.25, 0.3) is 5.56 Å².